The van der Waals surface area contributed by atoms with E-state index in [9.17, 15) is 0 Å². The predicted molar refractivity (Wildman–Crippen MR) is 94.9 cm³/mol. The minimum Gasteiger partial charge on any atom is -0.313 e. The largest absolute Gasteiger partial charge is 0.313 e. The number of hydrogen-bond donors (Lipinski definition) is 1. The van der Waals surface area contributed by atoms with Crippen LogP contribution in [0.2, 0.25) is 0 Å². The highest BCUT2D eigenvalue weighted by atomic mass is 14.9. The predicted octanol–water partition coefficient (Wildman–Crippen LogP) is 6.09. The van der Waals surface area contributed by atoms with Crippen LogP contribution < -0.4 is 5.32 Å². The molecule has 0 amide bonds. The molecule has 0 spiro atoms. The summed E-state index contributed by atoms with van der Waals surface area (Å²) in [6, 6.07) is 7.36. The van der Waals surface area contributed by atoms with Crippen molar-refractivity contribution < 1.29 is 0 Å². The lowest BCUT2D eigenvalue weighted by atomic mass is 9.95. The standard InChI is InChI=1S/C20H35N/c1-5-6-7-8-9-10-11-12-13-20(21-4)19-15-14-17(2)16-18(19)3/h14-16,20-21H,5-13H2,1-4H3. The molecule has 0 radical (unpaired) electrons. The molecule has 0 saturated carbocycles. The minimum atomic E-state index is 0.519. The zero-order valence-corrected chi connectivity index (χ0v) is 14.7. The molecular weight excluding hydrogens is 254 g/mol. The molecule has 1 atom stereocenters. The van der Waals surface area contributed by atoms with E-state index in [0.29, 0.717) is 6.04 Å². The van der Waals surface area contributed by atoms with Crippen LogP contribution in [0.4, 0.5) is 0 Å². The number of nitrogens with one attached hydrogen (secondary N) is 1. The smallest absolute Gasteiger partial charge is 0.0320 e. The van der Waals surface area contributed by atoms with Gasteiger partial charge in [-0.15, -0.1) is 0 Å². The Morgan fingerprint density at radius 1 is 0.905 bits per heavy atom. The molecule has 0 bridgehead atoms. The summed E-state index contributed by atoms with van der Waals surface area (Å²) in [6.45, 7) is 6.69. The number of aryl methyl sites for hydroxylation is 2. The normalized spacial score (nSPS) is 12.6. The fourth-order valence-corrected chi connectivity index (χ4v) is 3.15. The van der Waals surface area contributed by atoms with Crippen LogP contribution in [0, 0.1) is 13.8 Å². The van der Waals surface area contributed by atoms with Gasteiger partial charge in [0, 0.05) is 6.04 Å². The number of hydrogen-bond acceptors (Lipinski definition) is 1. The van der Waals surface area contributed by atoms with Gasteiger partial charge in [0.2, 0.25) is 0 Å². The third-order valence-corrected chi connectivity index (χ3v) is 4.50. The Morgan fingerprint density at radius 2 is 1.52 bits per heavy atom. The second-order valence-corrected chi connectivity index (χ2v) is 6.46. The fourth-order valence-electron chi connectivity index (χ4n) is 3.15. The van der Waals surface area contributed by atoms with Crippen LogP contribution in [0.25, 0.3) is 0 Å². The monoisotopic (exact) mass is 289 g/mol. The van der Waals surface area contributed by atoms with Crippen molar-refractivity contribution in [3.8, 4) is 0 Å². The van der Waals surface area contributed by atoms with E-state index >= 15 is 0 Å². The summed E-state index contributed by atoms with van der Waals surface area (Å²) in [5.74, 6) is 0. The molecule has 1 rings (SSSR count). The van der Waals surface area contributed by atoms with Crippen molar-refractivity contribution in [2.24, 2.45) is 0 Å². The van der Waals surface area contributed by atoms with Crippen LogP contribution in [0.1, 0.15) is 87.4 Å². The van der Waals surface area contributed by atoms with Gasteiger partial charge in [-0.1, -0.05) is 82.1 Å². The van der Waals surface area contributed by atoms with Gasteiger partial charge in [-0.05, 0) is 38.4 Å². The molecule has 0 aliphatic carbocycles. The summed E-state index contributed by atoms with van der Waals surface area (Å²) >= 11 is 0. The molecule has 1 unspecified atom stereocenters. The van der Waals surface area contributed by atoms with E-state index in [4.69, 9.17) is 0 Å². The van der Waals surface area contributed by atoms with Crippen molar-refractivity contribution in [3.63, 3.8) is 0 Å². The second kappa shape index (κ2) is 10.8. The molecule has 120 valence electrons. The Labute approximate surface area is 132 Å². The van der Waals surface area contributed by atoms with Crippen molar-refractivity contribution in [1.29, 1.82) is 0 Å². The zero-order valence-electron chi connectivity index (χ0n) is 14.7. The molecule has 1 nitrogen and oxygen atoms in total. The van der Waals surface area contributed by atoms with Crippen molar-refractivity contribution in [2.45, 2.75) is 84.6 Å². The minimum absolute atomic E-state index is 0.519. The Kier molecular flexibility index (Phi) is 9.41. The summed E-state index contributed by atoms with van der Waals surface area (Å²) < 4.78 is 0. The second-order valence-electron chi connectivity index (χ2n) is 6.46. The van der Waals surface area contributed by atoms with Crippen LogP contribution >= 0.6 is 0 Å². The first-order valence-corrected chi connectivity index (χ1v) is 8.93. The molecule has 1 aromatic rings. The first kappa shape index (κ1) is 18.2. The molecule has 1 N–H and O–H groups in total. The highest BCUT2D eigenvalue weighted by Gasteiger charge is 2.11. The summed E-state index contributed by atoms with van der Waals surface area (Å²) in [5.41, 5.74) is 4.26. The van der Waals surface area contributed by atoms with Gasteiger partial charge in [0.15, 0.2) is 0 Å². The van der Waals surface area contributed by atoms with Gasteiger partial charge < -0.3 is 5.32 Å². The van der Waals surface area contributed by atoms with Crippen LogP contribution in [0.15, 0.2) is 18.2 Å². The first-order chi connectivity index (χ1) is 10.2. The van der Waals surface area contributed by atoms with Gasteiger partial charge in [-0.25, -0.2) is 0 Å². The van der Waals surface area contributed by atoms with Crippen molar-refractivity contribution >= 4 is 0 Å². The Hall–Kier alpha value is -0.820. The highest BCUT2D eigenvalue weighted by Crippen LogP contribution is 2.24. The maximum Gasteiger partial charge on any atom is 0.0320 e. The zero-order chi connectivity index (χ0) is 15.5. The molecule has 21 heavy (non-hydrogen) atoms. The Morgan fingerprint density at radius 3 is 2.10 bits per heavy atom. The molecule has 0 aromatic heterocycles. The first-order valence-electron chi connectivity index (χ1n) is 8.93. The molecule has 0 fully saturated rings. The van der Waals surface area contributed by atoms with Crippen LogP contribution in [-0.4, -0.2) is 7.05 Å². The van der Waals surface area contributed by atoms with E-state index in [0.717, 1.165) is 0 Å². The number of unbranched alkanes of at least 4 members (excludes halogenated alkanes) is 7. The van der Waals surface area contributed by atoms with Crippen molar-refractivity contribution in [3.05, 3.63) is 34.9 Å². The molecule has 1 heteroatoms. The van der Waals surface area contributed by atoms with Gasteiger partial charge in [-0.2, -0.15) is 0 Å². The highest BCUT2D eigenvalue weighted by molar-refractivity contribution is 5.32. The van der Waals surface area contributed by atoms with Crippen LogP contribution in [-0.2, 0) is 0 Å². The lowest BCUT2D eigenvalue weighted by molar-refractivity contribution is 0.493. The van der Waals surface area contributed by atoms with Gasteiger partial charge in [0.25, 0.3) is 0 Å². The number of rotatable bonds is 11. The topological polar surface area (TPSA) is 12.0 Å². The molecule has 0 aliphatic rings. The van der Waals surface area contributed by atoms with Gasteiger partial charge >= 0.3 is 0 Å². The average molecular weight is 290 g/mol. The molecule has 0 heterocycles. The maximum atomic E-state index is 3.50. The summed E-state index contributed by atoms with van der Waals surface area (Å²) in [5, 5.41) is 3.50. The molecule has 0 aliphatic heterocycles. The third kappa shape index (κ3) is 7.13. The van der Waals surface area contributed by atoms with E-state index in [2.05, 4.69) is 51.3 Å². The van der Waals surface area contributed by atoms with Crippen molar-refractivity contribution in [1.82, 2.24) is 5.32 Å². The molecular formula is C20H35N. The summed E-state index contributed by atoms with van der Waals surface area (Å²) in [7, 11) is 2.09. The SMILES string of the molecule is CCCCCCCCCCC(NC)c1ccc(C)cc1C. The van der Waals surface area contributed by atoms with Gasteiger partial charge in [0.1, 0.15) is 0 Å². The summed E-state index contributed by atoms with van der Waals surface area (Å²) in [6.07, 6.45) is 12.4. The van der Waals surface area contributed by atoms with Crippen molar-refractivity contribution in [2.75, 3.05) is 7.05 Å². The van der Waals surface area contributed by atoms with Gasteiger partial charge in [-0.3, -0.25) is 0 Å². The van der Waals surface area contributed by atoms with Crippen LogP contribution in [0.3, 0.4) is 0 Å². The van der Waals surface area contributed by atoms with E-state index < -0.39 is 0 Å². The molecule has 1 aromatic carbocycles. The lowest BCUT2D eigenvalue weighted by Gasteiger charge is -2.19. The Bertz CT molecular complexity index is 383. The lowest BCUT2D eigenvalue weighted by Crippen LogP contribution is -2.17. The Balaban J connectivity index is 2.25. The van der Waals surface area contributed by atoms with E-state index in [1.54, 1.807) is 0 Å². The van der Waals surface area contributed by atoms with Crippen LogP contribution in [0.5, 0.6) is 0 Å². The van der Waals surface area contributed by atoms with E-state index in [-0.39, 0.29) is 0 Å². The maximum absolute atomic E-state index is 3.50. The van der Waals surface area contributed by atoms with Gasteiger partial charge in [0.05, 0.1) is 0 Å². The van der Waals surface area contributed by atoms with E-state index in [1.165, 1.54) is 74.5 Å². The quantitative estimate of drug-likeness (QED) is 0.486. The van der Waals surface area contributed by atoms with E-state index in [1.807, 2.05) is 0 Å². The molecule has 0 saturated heterocycles. The summed E-state index contributed by atoms with van der Waals surface area (Å²) in [4.78, 5) is 0. The third-order valence-electron chi connectivity index (χ3n) is 4.50. The number of benzene rings is 1. The fraction of sp³-hybridized carbons (Fsp3) is 0.700. The average Bonchev–Trinajstić information content (AvgIpc) is 2.47.